The topological polar surface area (TPSA) is 131 Å². The van der Waals surface area contributed by atoms with Gasteiger partial charge in [-0.1, -0.05) is 30.6 Å². The van der Waals surface area contributed by atoms with Crippen LogP contribution in [0.5, 0.6) is 5.75 Å². The fourth-order valence-electron chi connectivity index (χ4n) is 3.49. The van der Waals surface area contributed by atoms with Crippen LogP contribution in [0.25, 0.3) is 22.8 Å². The first kappa shape index (κ1) is 25.6. The smallest absolute Gasteiger partial charge is 0.258 e. The molecule has 2 aromatic heterocycles. The van der Waals surface area contributed by atoms with Crippen molar-refractivity contribution in [1.29, 1.82) is 0 Å². The van der Waals surface area contributed by atoms with Crippen molar-refractivity contribution in [3.63, 3.8) is 0 Å². The van der Waals surface area contributed by atoms with Crippen LogP contribution < -0.4 is 10.1 Å². The van der Waals surface area contributed by atoms with Gasteiger partial charge in [0.25, 0.3) is 5.89 Å². The van der Waals surface area contributed by atoms with Crippen molar-refractivity contribution in [3.05, 3.63) is 46.2 Å². The van der Waals surface area contributed by atoms with Gasteiger partial charge in [0.05, 0.1) is 0 Å². The molecular weight excluding hydrogens is 460 g/mol. The Morgan fingerprint density at radius 1 is 1.15 bits per heavy atom. The normalized spacial score (nSPS) is 12.1. The highest BCUT2D eigenvalue weighted by Crippen LogP contribution is 2.31. The Morgan fingerprint density at radius 3 is 2.50 bits per heavy atom. The van der Waals surface area contributed by atoms with E-state index in [9.17, 15) is 9.90 Å². The van der Waals surface area contributed by atoms with Crippen molar-refractivity contribution in [3.8, 4) is 28.6 Å². The van der Waals surface area contributed by atoms with Gasteiger partial charge < -0.3 is 24.8 Å². The largest absolute Gasteiger partial charge is 0.490 e. The number of pyridine rings is 1. The number of aromatic nitrogens is 3. The van der Waals surface area contributed by atoms with E-state index in [4.69, 9.17) is 26.0 Å². The molecule has 0 saturated carbocycles. The second kappa shape index (κ2) is 11.4. The van der Waals surface area contributed by atoms with E-state index in [1.807, 2.05) is 32.0 Å². The summed E-state index contributed by atoms with van der Waals surface area (Å²) in [4.78, 5) is 20.0. The van der Waals surface area contributed by atoms with Crippen molar-refractivity contribution >= 4 is 17.5 Å². The van der Waals surface area contributed by atoms with Gasteiger partial charge in [0.15, 0.2) is 0 Å². The van der Waals surface area contributed by atoms with Crippen molar-refractivity contribution in [2.24, 2.45) is 5.92 Å². The van der Waals surface area contributed by atoms with E-state index in [2.05, 4.69) is 34.3 Å². The SMILES string of the molecule is Cc1cc(-c2noc(-c3cc(Cl)nc(CC(C)C)c3)n2)cc(C)c1OCC(O)CNC(=O)CO. The van der Waals surface area contributed by atoms with E-state index in [-0.39, 0.29) is 13.2 Å². The van der Waals surface area contributed by atoms with E-state index >= 15 is 0 Å². The van der Waals surface area contributed by atoms with Crippen LogP contribution >= 0.6 is 11.6 Å². The number of hydrogen-bond acceptors (Lipinski definition) is 8. The molecule has 1 aromatic carbocycles. The lowest BCUT2D eigenvalue weighted by Gasteiger charge is -2.16. The molecule has 1 atom stereocenters. The molecule has 0 aliphatic heterocycles. The van der Waals surface area contributed by atoms with Crippen LogP contribution in [0.3, 0.4) is 0 Å². The lowest BCUT2D eigenvalue weighted by Crippen LogP contribution is -2.36. The number of hydrogen-bond donors (Lipinski definition) is 3. The van der Waals surface area contributed by atoms with E-state index in [0.717, 1.165) is 28.8 Å². The summed E-state index contributed by atoms with van der Waals surface area (Å²) < 4.78 is 11.3. The summed E-state index contributed by atoms with van der Waals surface area (Å²) in [7, 11) is 0. The Kier molecular flexibility index (Phi) is 8.60. The Bertz CT molecular complexity index is 1130. The highest BCUT2D eigenvalue weighted by molar-refractivity contribution is 6.29. The fraction of sp³-hybridized carbons (Fsp3) is 0.417. The number of halogens is 1. The zero-order valence-electron chi connectivity index (χ0n) is 19.6. The molecule has 9 nitrogen and oxygen atoms in total. The number of nitrogens with zero attached hydrogens (tertiary/aromatic N) is 3. The maximum absolute atomic E-state index is 11.1. The molecule has 1 amide bonds. The number of ether oxygens (including phenoxy) is 1. The minimum atomic E-state index is -0.915. The third-order valence-corrected chi connectivity index (χ3v) is 5.15. The first-order valence-electron chi connectivity index (χ1n) is 11.0. The average molecular weight is 489 g/mol. The number of amides is 1. The first-order valence-corrected chi connectivity index (χ1v) is 11.3. The lowest BCUT2D eigenvalue weighted by atomic mass is 10.0. The van der Waals surface area contributed by atoms with Crippen molar-refractivity contribution < 1.29 is 24.3 Å². The van der Waals surface area contributed by atoms with E-state index in [0.29, 0.717) is 34.1 Å². The molecule has 3 aromatic rings. The second-order valence-corrected chi connectivity index (χ2v) is 8.94. The minimum absolute atomic E-state index is 0.0133. The Balaban J connectivity index is 1.75. The number of rotatable bonds is 10. The van der Waals surface area contributed by atoms with Gasteiger partial charge in [-0.25, -0.2) is 4.98 Å². The van der Waals surface area contributed by atoms with Crippen LogP contribution in [0.15, 0.2) is 28.8 Å². The number of aliphatic hydroxyl groups excluding tert-OH is 2. The van der Waals surface area contributed by atoms with Gasteiger partial charge in [0.1, 0.15) is 30.2 Å². The standard InChI is InChI=1S/C24H29ClN4O5/c1-13(2)5-18-8-17(9-20(25)27-18)24-28-23(29-34-24)16-6-14(3)22(15(4)7-16)33-12-19(31)10-26-21(32)11-30/h6-9,13,19,30-31H,5,10-12H2,1-4H3,(H,26,32). The van der Waals surface area contributed by atoms with E-state index < -0.39 is 18.6 Å². The molecule has 0 bridgehead atoms. The predicted molar refractivity (Wildman–Crippen MR) is 128 cm³/mol. The number of nitrogens with one attached hydrogen (secondary N) is 1. The van der Waals surface area contributed by atoms with Crippen LogP contribution in [0.2, 0.25) is 5.15 Å². The number of carbonyl (C=O) groups excluding carboxylic acids is 1. The van der Waals surface area contributed by atoms with Gasteiger partial charge in [0.2, 0.25) is 11.7 Å². The Morgan fingerprint density at radius 2 is 1.85 bits per heavy atom. The number of aliphatic hydroxyl groups is 2. The zero-order valence-corrected chi connectivity index (χ0v) is 20.4. The van der Waals surface area contributed by atoms with Crippen molar-refractivity contribution in [1.82, 2.24) is 20.4 Å². The molecule has 34 heavy (non-hydrogen) atoms. The molecule has 0 saturated heterocycles. The van der Waals surface area contributed by atoms with Gasteiger partial charge in [-0.3, -0.25) is 4.79 Å². The molecule has 0 aliphatic rings. The lowest BCUT2D eigenvalue weighted by molar-refractivity contribution is -0.124. The molecule has 3 N–H and O–H groups in total. The Labute approximate surface area is 203 Å². The highest BCUT2D eigenvalue weighted by Gasteiger charge is 2.16. The molecule has 10 heteroatoms. The minimum Gasteiger partial charge on any atom is -0.490 e. The Hall–Kier alpha value is -3.01. The van der Waals surface area contributed by atoms with Gasteiger partial charge in [-0.2, -0.15) is 4.98 Å². The summed E-state index contributed by atoms with van der Waals surface area (Å²) in [5.41, 5.74) is 4.00. The van der Waals surface area contributed by atoms with Crippen LogP contribution in [-0.2, 0) is 11.2 Å². The van der Waals surface area contributed by atoms with Crippen LogP contribution in [0.4, 0.5) is 0 Å². The van der Waals surface area contributed by atoms with Crippen LogP contribution in [-0.4, -0.2) is 57.1 Å². The third-order valence-electron chi connectivity index (χ3n) is 4.95. The summed E-state index contributed by atoms with van der Waals surface area (Å²) in [5.74, 6) is 1.29. The summed E-state index contributed by atoms with van der Waals surface area (Å²) in [6.45, 7) is 7.33. The summed E-state index contributed by atoms with van der Waals surface area (Å²) >= 11 is 6.20. The van der Waals surface area contributed by atoms with Crippen LogP contribution in [0, 0.1) is 19.8 Å². The molecule has 0 aliphatic carbocycles. The van der Waals surface area contributed by atoms with E-state index in [1.54, 1.807) is 6.07 Å². The molecule has 1 unspecified atom stereocenters. The van der Waals surface area contributed by atoms with Gasteiger partial charge >= 0.3 is 0 Å². The molecule has 0 radical (unpaired) electrons. The first-order chi connectivity index (χ1) is 16.2. The van der Waals surface area contributed by atoms with E-state index in [1.165, 1.54) is 0 Å². The number of benzene rings is 1. The maximum Gasteiger partial charge on any atom is 0.258 e. The third kappa shape index (κ3) is 6.75. The predicted octanol–water partition coefficient (Wildman–Crippen LogP) is 3.12. The molecule has 182 valence electrons. The van der Waals surface area contributed by atoms with Crippen LogP contribution in [0.1, 0.15) is 30.7 Å². The molecule has 3 rings (SSSR count). The number of carbonyl (C=O) groups is 1. The average Bonchev–Trinajstić information content (AvgIpc) is 3.26. The van der Waals surface area contributed by atoms with Gasteiger partial charge in [-0.05, 0) is 61.6 Å². The molecule has 0 spiro atoms. The van der Waals surface area contributed by atoms with Crippen molar-refractivity contribution in [2.75, 3.05) is 19.8 Å². The fourth-order valence-corrected chi connectivity index (χ4v) is 3.71. The summed E-state index contributed by atoms with van der Waals surface area (Å²) in [5, 5.41) is 25.6. The summed E-state index contributed by atoms with van der Waals surface area (Å²) in [6.07, 6.45) is -0.127. The van der Waals surface area contributed by atoms with Gasteiger partial charge in [0, 0.05) is 23.4 Å². The number of aryl methyl sites for hydroxylation is 2. The van der Waals surface area contributed by atoms with Crippen molar-refractivity contribution in [2.45, 2.75) is 40.2 Å². The second-order valence-electron chi connectivity index (χ2n) is 8.56. The molecule has 0 fully saturated rings. The molecular formula is C24H29ClN4O5. The maximum atomic E-state index is 11.1. The van der Waals surface area contributed by atoms with Gasteiger partial charge in [-0.15, -0.1) is 0 Å². The zero-order chi connectivity index (χ0) is 24.8. The summed E-state index contributed by atoms with van der Waals surface area (Å²) in [6, 6.07) is 7.36. The molecule has 2 heterocycles. The highest BCUT2D eigenvalue weighted by atomic mass is 35.5. The monoisotopic (exact) mass is 488 g/mol. The quantitative estimate of drug-likeness (QED) is 0.371.